The first kappa shape index (κ1) is 29.3. The van der Waals surface area contributed by atoms with Gasteiger partial charge in [0.25, 0.3) is 0 Å². The fourth-order valence-corrected chi connectivity index (χ4v) is 6.42. The maximum Gasteiger partial charge on any atom is 0.327 e. The van der Waals surface area contributed by atoms with Crippen LogP contribution in [-0.4, -0.2) is 79.2 Å². The van der Waals surface area contributed by atoms with E-state index in [0.29, 0.717) is 31.0 Å². The highest BCUT2D eigenvalue weighted by Crippen LogP contribution is 2.46. The highest BCUT2D eigenvalue weighted by Gasteiger charge is 2.68. The minimum Gasteiger partial charge on any atom is -0.480 e. The molecule has 1 aliphatic heterocycles. The average molecular weight is 513 g/mol. The van der Waals surface area contributed by atoms with Crippen molar-refractivity contribution >= 4 is 34.7 Å². The normalized spacial score (nSPS) is 29.9. The molecule has 4 N–H and O–H groups in total. The maximum absolute atomic E-state index is 13.8. The Labute approximate surface area is 211 Å². The first-order valence-electron chi connectivity index (χ1n) is 12.4. The van der Waals surface area contributed by atoms with Gasteiger partial charge in [-0.2, -0.15) is 0 Å². The Morgan fingerprint density at radius 1 is 1.29 bits per heavy atom. The molecule has 0 aromatic heterocycles. The largest absolute Gasteiger partial charge is 0.480 e. The number of aliphatic hydroxyl groups is 2. The molecule has 0 unspecified atom stereocenters. The standard InChI is InChI=1S/C25H40N2O7S/c1-5-6-7-11-14-18-21(30)26-25(24(18,3)34,20(29)17-12-9-8-10-13-17)23(33)35-15-19(22(31)32)27(4)16(2)28/h9,12,17-20,29,34H,5-8,10-11,13-15H2,1-4H3,(H,26,30)(H,31,32)/t17-,18+,19+,20+,24+,25+/m1/s1. The summed E-state index contributed by atoms with van der Waals surface area (Å²) in [5, 5.41) is 34.8. The van der Waals surface area contributed by atoms with Crippen molar-refractivity contribution < 1.29 is 34.5 Å². The predicted octanol–water partition coefficient (Wildman–Crippen LogP) is 2.10. The second-order valence-corrected chi connectivity index (χ2v) is 10.9. The van der Waals surface area contributed by atoms with Crippen LogP contribution in [0, 0.1) is 11.8 Å². The molecule has 0 spiro atoms. The summed E-state index contributed by atoms with van der Waals surface area (Å²) in [5.41, 5.74) is -3.90. The molecule has 0 aromatic carbocycles. The summed E-state index contributed by atoms with van der Waals surface area (Å²) < 4.78 is 0. The van der Waals surface area contributed by atoms with E-state index in [0.717, 1.165) is 37.0 Å². The number of carbonyl (C=O) groups excluding carboxylic acids is 3. The molecule has 35 heavy (non-hydrogen) atoms. The van der Waals surface area contributed by atoms with Crippen LogP contribution in [0.5, 0.6) is 0 Å². The van der Waals surface area contributed by atoms with Crippen LogP contribution in [0.3, 0.4) is 0 Å². The molecule has 1 aliphatic carbocycles. The number of nitrogens with one attached hydrogen (secondary N) is 1. The summed E-state index contributed by atoms with van der Waals surface area (Å²) in [6, 6.07) is -1.28. The van der Waals surface area contributed by atoms with E-state index >= 15 is 0 Å². The third-order valence-corrected chi connectivity index (χ3v) is 8.61. The summed E-state index contributed by atoms with van der Waals surface area (Å²) in [6.45, 7) is 4.72. The van der Waals surface area contributed by atoms with Gasteiger partial charge in [0.1, 0.15) is 11.6 Å². The number of carbonyl (C=O) groups is 4. The molecule has 2 rings (SSSR count). The van der Waals surface area contributed by atoms with Crippen LogP contribution in [0.4, 0.5) is 0 Å². The van der Waals surface area contributed by atoms with Crippen LogP contribution in [-0.2, 0) is 19.2 Å². The zero-order valence-corrected chi connectivity index (χ0v) is 22.0. The molecule has 9 nitrogen and oxygen atoms in total. The second-order valence-electron chi connectivity index (χ2n) is 9.90. The number of allylic oxidation sites excluding steroid dienone is 1. The van der Waals surface area contributed by atoms with Gasteiger partial charge in [0, 0.05) is 25.6 Å². The molecule has 10 heteroatoms. The van der Waals surface area contributed by atoms with Gasteiger partial charge < -0.3 is 25.5 Å². The van der Waals surface area contributed by atoms with Crippen molar-refractivity contribution in [2.45, 2.75) is 95.4 Å². The smallest absolute Gasteiger partial charge is 0.327 e. The molecular formula is C25H40N2O7S. The van der Waals surface area contributed by atoms with E-state index in [1.165, 1.54) is 20.9 Å². The SMILES string of the molecule is CCCCCC[C@H]1C(=O)N[C@](C(=O)SC[C@@H](C(=O)O)N(C)C(C)=O)([C@@H](O)[C@@H]2C=CCCC2)[C@@]1(C)O. The van der Waals surface area contributed by atoms with Crippen molar-refractivity contribution in [3.05, 3.63) is 12.2 Å². The topological polar surface area (TPSA) is 144 Å². The molecule has 1 heterocycles. The van der Waals surface area contributed by atoms with Gasteiger partial charge in [0.15, 0.2) is 5.54 Å². The van der Waals surface area contributed by atoms with Crippen LogP contribution >= 0.6 is 11.8 Å². The molecule has 2 aliphatic rings. The second kappa shape index (κ2) is 12.4. The number of hydrogen-bond acceptors (Lipinski definition) is 7. The Morgan fingerprint density at radius 3 is 2.51 bits per heavy atom. The average Bonchev–Trinajstić information content (AvgIpc) is 3.01. The maximum atomic E-state index is 13.8. The lowest BCUT2D eigenvalue weighted by molar-refractivity contribution is -0.147. The number of likely N-dealkylation sites (N-methyl/N-ethyl adjacent to an activating group) is 1. The van der Waals surface area contributed by atoms with Crippen LogP contribution in [0.2, 0.25) is 0 Å². The first-order valence-corrected chi connectivity index (χ1v) is 13.4. The van der Waals surface area contributed by atoms with Crippen molar-refractivity contribution in [3.63, 3.8) is 0 Å². The number of hydrogen-bond donors (Lipinski definition) is 4. The van der Waals surface area contributed by atoms with Gasteiger partial charge in [-0.15, -0.1) is 0 Å². The van der Waals surface area contributed by atoms with Crippen LogP contribution < -0.4 is 5.32 Å². The van der Waals surface area contributed by atoms with E-state index in [1.54, 1.807) is 0 Å². The van der Waals surface area contributed by atoms with Gasteiger partial charge in [0.2, 0.25) is 16.9 Å². The molecule has 2 amide bonds. The van der Waals surface area contributed by atoms with Crippen LogP contribution in [0.25, 0.3) is 0 Å². The van der Waals surface area contributed by atoms with E-state index in [4.69, 9.17) is 0 Å². The fraction of sp³-hybridized carbons (Fsp3) is 0.760. The van der Waals surface area contributed by atoms with Crippen molar-refractivity contribution in [2.75, 3.05) is 12.8 Å². The van der Waals surface area contributed by atoms with Gasteiger partial charge >= 0.3 is 5.97 Å². The number of carboxylic acid groups (broad SMARTS) is 1. The Bertz CT molecular complexity index is 831. The molecule has 1 saturated heterocycles. The van der Waals surface area contributed by atoms with Crippen LogP contribution in [0.15, 0.2) is 12.2 Å². The van der Waals surface area contributed by atoms with Gasteiger partial charge in [-0.05, 0) is 32.6 Å². The summed E-state index contributed by atoms with van der Waals surface area (Å²) >= 11 is 0.613. The minimum absolute atomic E-state index is 0.285. The van der Waals surface area contributed by atoms with Crippen molar-refractivity contribution in [2.24, 2.45) is 11.8 Å². The molecule has 0 radical (unpaired) electrons. The van der Waals surface area contributed by atoms with E-state index < -0.39 is 58.0 Å². The third kappa shape index (κ3) is 6.09. The lowest BCUT2D eigenvalue weighted by Crippen LogP contribution is -2.69. The van der Waals surface area contributed by atoms with Gasteiger partial charge in [-0.3, -0.25) is 14.4 Å². The third-order valence-electron chi connectivity index (χ3n) is 7.54. The van der Waals surface area contributed by atoms with Gasteiger partial charge in [-0.1, -0.05) is 56.5 Å². The Balaban J connectivity index is 2.39. The summed E-state index contributed by atoms with van der Waals surface area (Å²) in [6.07, 6.45) is 8.54. The number of unbranched alkanes of at least 4 members (excludes halogenated alkanes) is 3. The lowest BCUT2D eigenvalue weighted by atomic mass is 9.68. The quantitative estimate of drug-likeness (QED) is 0.230. The van der Waals surface area contributed by atoms with E-state index in [9.17, 15) is 34.5 Å². The van der Waals surface area contributed by atoms with Crippen molar-refractivity contribution in [1.82, 2.24) is 10.2 Å². The van der Waals surface area contributed by atoms with Crippen molar-refractivity contribution in [1.29, 1.82) is 0 Å². The molecular weight excluding hydrogens is 472 g/mol. The molecule has 0 aromatic rings. The minimum atomic E-state index is -2.01. The van der Waals surface area contributed by atoms with Gasteiger partial charge in [0.05, 0.1) is 12.0 Å². The van der Waals surface area contributed by atoms with Crippen LogP contribution in [0.1, 0.15) is 72.1 Å². The number of nitrogens with zero attached hydrogens (tertiary/aromatic N) is 1. The Hall–Kier alpha value is -1.91. The predicted molar refractivity (Wildman–Crippen MR) is 134 cm³/mol. The van der Waals surface area contributed by atoms with Gasteiger partial charge in [-0.25, -0.2) is 4.79 Å². The monoisotopic (exact) mass is 512 g/mol. The highest BCUT2D eigenvalue weighted by atomic mass is 32.2. The van der Waals surface area contributed by atoms with Crippen molar-refractivity contribution in [3.8, 4) is 0 Å². The summed E-state index contributed by atoms with van der Waals surface area (Å²) in [5.74, 6) is -3.86. The molecule has 1 fully saturated rings. The number of amides is 2. The van der Waals surface area contributed by atoms with E-state index in [2.05, 4.69) is 12.2 Å². The summed E-state index contributed by atoms with van der Waals surface area (Å²) in [7, 11) is 1.34. The number of carboxylic acids is 1. The zero-order valence-electron chi connectivity index (χ0n) is 21.2. The Kier molecular flexibility index (Phi) is 10.4. The molecule has 6 atom stereocenters. The fourth-order valence-electron chi connectivity index (χ4n) is 5.14. The lowest BCUT2D eigenvalue weighted by Gasteiger charge is -2.45. The number of thioether (sulfide) groups is 1. The van der Waals surface area contributed by atoms with E-state index in [1.807, 2.05) is 12.2 Å². The molecule has 0 bridgehead atoms. The zero-order chi connectivity index (χ0) is 26.4. The summed E-state index contributed by atoms with van der Waals surface area (Å²) in [4.78, 5) is 51.4. The van der Waals surface area contributed by atoms with E-state index in [-0.39, 0.29) is 5.75 Å². The molecule has 0 saturated carbocycles. The Morgan fingerprint density at radius 2 is 1.97 bits per heavy atom. The molecule has 198 valence electrons. The number of aliphatic carboxylic acids is 1. The number of rotatable bonds is 12. The number of aliphatic hydroxyl groups excluding tert-OH is 1. The highest BCUT2D eigenvalue weighted by molar-refractivity contribution is 8.13. The first-order chi connectivity index (χ1) is 16.4.